The molecule has 0 bridgehead atoms. The smallest absolute Gasteiger partial charge is 0.00745 e. The van der Waals surface area contributed by atoms with Gasteiger partial charge in [0.1, 0.15) is 0 Å². The Morgan fingerprint density at radius 2 is 1.12 bits per heavy atom. The van der Waals surface area contributed by atoms with E-state index < -0.39 is 0 Å². The minimum absolute atomic E-state index is 0.764. The third-order valence-electron chi connectivity index (χ3n) is 3.28. The zero-order valence-corrected chi connectivity index (χ0v) is 14.0. The van der Waals surface area contributed by atoms with E-state index in [-0.39, 0.29) is 0 Å². The maximum atomic E-state index is 5.41. The molecule has 0 aliphatic rings. The van der Waals surface area contributed by atoms with E-state index >= 15 is 0 Å². The van der Waals surface area contributed by atoms with Crippen molar-refractivity contribution in [3.63, 3.8) is 0 Å². The summed E-state index contributed by atoms with van der Waals surface area (Å²) in [5.74, 6) is 0. The topological polar surface area (TPSA) is 38.0 Å². The van der Waals surface area contributed by atoms with E-state index in [1.165, 1.54) is 80.5 Å². The fourth-order valence-electron chi connectivity index (χ4n) is 2.14. The van der Waals surface area contributed by atoms with Crippen molar-refractivity contribution in [2.75, 3.05) is 19.6 Å². The molecule has 0 spiro atoms. The molecule has 0 aromatic carbocycles. The van der Waals surface area contributed by atoms with Crippen molar-refractivity contribution in [2.45, 2.75) is 70.3 Å². The highest BCUT2D eigenvalue weighted by Crippen LogP contribution is 2.10. The molecule has 0 amide bonds. The molecule has 0 aromatic heterocycles. The average molecular weight is 259 g/mol. The van der Waals surface area contributed by atoms with Crippen molar-refractivity contribution < 1.29 is 0 Å². The summed E-state index contributed by atoms with van der Waals surface area (Å²) in [5, 5.41) is 3.34. The van der Waals surface area contributed by atoms with Crippen LogP contribution in [0.5, 0.6) is 0 Å². The second-order valence-corrected chi connectivity index (χ2v) is 6.07. The second-order valence-electron chi connectivity index (χ2n) is 5.07. The van der Waals surface area contributed by atoms with Crippen molar-refractivity contribution in [1.82, 2.24) is 5.32 Å². The molecule has 0 saturated heterocycles. The Labute approximate surface area is 112 Å². The van der Waals surface area contributed by atoms with Gasteiger partial charge in [0.15, 0.2) is 0 Å². The summed E-state index contributed by atoms with van der Waals surface area (Å²) in [5.41, 5.74) is 5.41. The van der Waals surface area contributed by atoms with Crippen molar-refractivity contribution >= 4 is 10.2 Å². The Morgan fingerprint density at radius 1 is 0.647 bits per heavy atom. The summed E-state index contributed by atoms with van der Waals surface area (Å²) in [7, 11) is 1.40. The van der Waals surface area contributed by atoms with Gasteiger partial charge in [-0.2, -0.15) is 0 Å². The highest BCUT2D eigenvalue weighted by atomic mass is 28.1. The van der Waals surface area contributed by atoms with Gasteiger partial charge in [-0.1, -0.05) is 63.8 Å². The van der Waals surface area contributed by atoms with Crippen LogP contribution in [0, 0.1) is 0 Å². The van der Waals surface area contributed by atoms with Crippen molar-refractivity contribution in [3.05, 3.63) is 0 Å². The predicted octanol–water partition coefficient (Wildman–Crippen LogP) is 2.22. The first kappa shape index (κ1) is 17.1. The largest absolute Gasteiger partial charge is 0.329 e. The lowest BCUT2D eigenvalue weighted by molar-refractivity contribution is 0.545. The van der Waals surface area contributed by atoms with E-state index in [0.29, 0.717) is 0 Å². The van der Waals surface area contributed by atoms with Crippen LogP contribution in [0.2, 0.25) is 6.04 Å². The van der Waals surface area contributed by atoms with E-state index in [4.69, 9.17) is 5.73 Å². The zero-order valence-electron chi connectivity index (χ0n) is 12.0. The van der Waals surface area contributed by atoms with Crippen molar-refractivity contribution in [2.24, 2.45) is 5.73 Å². The fourth-order valence-corrected chi connectivity index (χ4v) is 2.64. The van der Waals surface area contributed by atoms with Gasteiger partial charge in [0, 0.05) is 23.3 Å². The first-order valence-electron chi connectivity index (χ1n) is 7.82. The van der Waals surface area contributed by atoms with E-state index in [9.17, 15) is 0 Å². The maximum absolute atomic E-state index is 5.41. The van der Waals surface area contributed by atoms with Crippen LogP contribution in [-0.2, 0) is 0 Å². The molecule has 0 fully saturated rings. The first-order chi connectivity index (χ1) is 8.41. The number of unbranched alkanes of at least 4 members (excludes halogenated alkanes) is 9. The van der Waals surface area contributed by atoms with E-state index in [2.05, 4.69) is 5.32 Å². The lowest BCUT2D eigenvalue weighted by Crippen LogP contribution is -2.23. The van der Waals surface area contributed by atoms with Crippen LogP contribution >= 0.6 is 0 Å². The predicted molar refractivity (Wildman–Crippen MR) is 82.8 cm³/mol. The van der Waals surface area contributed by atoms with Crippen LogP contribution in [0.25, 0.3) is 0 Å². The molecule has 3 heteroatoms. The first-order valence-corrected chi connectivity index (χ1v) is 9.24. The van der Waals surface area contributed by atoms with E-state index in [1.54, 1.807) is 0 Å². The van der Waals surface area contributed by atoms with Gasteiger partial charge in [-0.05, 0) is 13.0 Å². The summed E-state index contributed by atoms with van der Waals surface area (Å²) in [6.45, 7) is 2.89. The number of nitrogens with two attached hydrogens (primary N) is 1. The Hall–Kier alpha value is 0.137. The van der Waals surface area contributed by atoms with Gasteiger partial charge in [0.05, 0.1) is 0 Å². The fraction of sp³-hybridized carbons (Fsp3) is 1.00. The summed E-state index contributed by atoms with van der Waals surface area (Å²) in [6, 6.07) is 1.50. The molecule has 0 aromatic rings. The third kappa shape index (κ3) is 16.1. The SMILES string of the molecule is NCCNCCCCCCCCCCCC[SiH3]. The number of hydrogen-bond acceptors (Lipinski definition) is 2. The molecule has 0 unspecified atom stereocenters. The van der Waals surface area contributed by atoms with Gasteiger partial charge >= 0.3 is 0 Å². The molecule has 0 saturated carbocycles. The lowest BCUT2D eigenvalue weighted by atomic mass is 10.1. The second kappa shape index (κ2) is 16.1. The summed E-state index contributed by atoms with van der Waals surface area (Å²) in [6.07, 6.45) is 14.4. The normalized spacial score (nSPS) is 11.1. The van der Waals surface area contributed by atoms with Gasteiger partial charge < -0.3 is 11.1 Å². The molecule has 0 radical (unpaired) electrons. The standard InChI is InChI=1S/C14H34N2Si/c15-11-13-16-12-9-7-5-3-1-2-4-6-8-10-14-17/h16H,1-15H2,17H3. The molecule has 2 nitrogen and oxygen atoms in total. The van der Waals surface area contributed by atoms with Crippen LogP contribution in [0.1, 0.15) is 64.2 Å². The van der Waals surface area contributed by atoms with Gasteiger partial charge in [-0.25, -0.2) is 0 Å². The maximum Gasteiger partial charge on any atom is 0.00745 e. The number of hydrogen-bond donors (Lipinski definition) is 2. The lowest BCUT2D eigenvalue weighted by Gasteiger charge is -2.03. The molecule has 17 heavy (non-hydrogen) atoms. The molecule has 0 aliphatic carbocycles. The third-order valence-corrected chi connectivity index (χ3v) is 3.99. The Kier molecular flexibility index (Phi) is 16.3. The zero-order chi connectivity index (χ0) is 12.6. The molecular formula is C14H34N2Si. The average Bonchev–Trinajstić information content (AvgIpc) is 2.35. The molecular weight excluding hydrogens is 224 g/mol. The van der Waals surface area contributed by atoms with Gasteiger partial charge in [0.25, 0.3) is 0 Å². The van der Waals surface area contributed by atoms with Crippen LogP contribution in [-0.4, -0.2) is 29.9 Å². The van der Waals surface area contributed by atoms with Crippen molar-refractivity contribution in [1.29, 1.82) is 0 Å². The Morgan fingerprint density at radius 3 is 1.59 bits per heavy atom. The quantitative estimate of drug-likeness (QED) is 0.370. The Balaban J connectivity index is 2.85. The van der Waals surface area contributed by atoms with Crippen LogP contribution in [0.15, 0.2) is 0 Å². The van der Waals surface area contributed by atoms with Gasteiger partial charge in [-0.15, -0.1) is 0 Å². The molecule has 0 atom stereocenters. The summed E-state index contributed by atoms with van der Waals surface area (Å²) >= 11 is 0. The molecule has 104 valence electrons. The minimum atomic E-state index is 0.764. The van der Waals surface area contributed by atoms with Crippen LogP contribution < -0.4 is 11.1 Å². The molecule has 0 rings (SSSR count). The Bertz CT molecular complexity index is 117. The van der Waals surface area contributed by atoms with E-state index in [1.807, 2.05) is 0 Å². The number of rotatable bonds is 14. The molecule has 3 N–H and O–H groups in total. The highest BCUT2D eigenvalue weighted by Gasteiger charge is 1.92. The summed E-state index contributed by atoms with van der Waals surface area (Å²) < 4.78 is 0. The highest BCUT2D eigenvalue weighted by molar-refractivity contribution is 6.08. The monoisotopic (exact) mass is 258 g/mol. The van der Waals surface area contributed by atoms with E-state index in [0.717, 1.165) is 19.6 Å². The minimum Gasteiger partial charge on any atom is -0.329 e. The number of nitrogens with one attached hydrogen (secondary N) is 1. The van der Waals surface area contributed by atoms with Crippen LogP contribution in [0.3, 0.4) is 0 Å². The summed E-state index contributed by atoms with van der Waals surface area (Å²) in [4.78, 5) is 0. The van der Waals surface area contributed by atoms with Crippen LogP contribution in [0.4, 0.5) is 0 Å². The van der Waals surface area contributed by atoms with Crippen molar-refractivity contribution in [3.8, 4) is 0 Å². The van der Waals surface area contributed by atoms with Gasteiger partial charge in [-0.3, -0.25) is 0 Å². The van der Waals surface area contributed by atoms with Gasteiger partial charge in [0.2, 0.25) is 0 Å². The molecule has 0 heterocycles. The molecule has 0 aliphatic heterocycles.